The van der Waals surface area contributed by atoms with Crippen LogP contribution in [0.4, 0.5) is 0 Å². The molecule has 3 nitrogen and oxygen atoms in total. The monoisotopic (exact) mass is 198 g/mol. The molecule has 0 bridgehead atoms. The maximum Gasteiger partial charge on any atom is 0.179 e. The molecule has 0 amide bonds. The summed E-state index contributed by atoms with van der Waals surface area (Å²) < 4.78 is 3.80. The molecule has 0 fully saturated rings. The minimum absolute atomic E-state index is 0.0903. The second-order valence-corrected chi connectivity index (χ2v) is 3.83. The lowest BCUT2D eigenvalue weighted by Crippen LogP contribution is -2.10. The predicted octanol–water partition coefficient (Wildman–Crippen LogP) is 2.33. The molecule has 4 heteroatoms. The lowest BCUT2D eigenvalue weighted by atomic mass is 10.0. The van der Waals surface area contributed by atoms with Gasteiger partial charge in [-0.05, 0) is 24.4 Å². The summed E-state index contributed by atoms with van der Waals surface area (Å²) in [7, 11) is 0. The van der Waals surface area contributed by atoms with E-state index in [4.69, 9.17) is 0 Å². The van der Waals surface area contributed by atoms with E-state index in [1.807, 2.05) is 20.8 Å². The fraction of sp³-hybridized carbons (Fsp3) is 0.667. The van der Waals surface area contributed by atoms with E-state index in [0.29, 0.717) is 0 Å². The average Bonchev–Trinajstić information content (AvgIpc) is 2.62. The third-order valence-electron chi connectivity index (χ3n) is 2.17. The molecule has 1 unspecified atom stereocenters. The molecule has 1 rings (SSSR count). The maximum absolute atomic E-state index is 11.7. The Kier molecular flexibility index (Phi) is 3.54. The van der Waals surface area contributed by atoms with Crippen LogP contribution in [-0.2, 0) is 6.42 Å². The molecule has 0 radical (unpaired) electrons. The first kappa shape index (κ1) is 10.3. The molecule has 72 valence electrons. The van der Waals surface area contributed by atoms with Gasteiger partial charge in [0.25, 0.3) is 0 Å². The van der Waals surface area contributed by atoms with Crippen molar-refractivity contribution in [2.45, 2.75) is 33.6 Å². The van der Waals surface area contributed by atoms with Crippen LogP contribution in [-0.4, -0.2) is 15.4 Å². The van der Waals surface area contributed by atoms with Gasteiger partial charge in [0.05, 0.1) is 5.69 Å². The highest BCUT2D eigenvalue weighted by molar-refractivity contribution is 7.08. The number of nitrogens with zero attached hydrogens (tertiary/aromatic N) is 2. The molecule has 1 atom stereocenters. The van der Waals surface area contributed by atoms with Gasteiger partial charge in [0.1, 0.15) is 4.88 Å². The van der Waals surface area contributed by atoms with Crippen molar-refractivity contribution in [1.82, 2.24) is 9.59 Å². The molecule has 1 aromatic heterocycles. The molecular formula is C9H14N2OS. The van der Waals surface area contributed by atoms with E-state index in [1.54, 1.807) is 0 Å². The second kappa shape index (κ2) is 4.46. The van der Waals surface area contributed by atoms with Crippen LogP contribution in [0.25, 0.3) is 0 Å². The molecule has 0 spiro atoms. The number of rotatable bonds is 4. The number of carbonyl (C=O) groups excluding carboxylic acids is 1. The van der Waals surface area contributed by atoms with Crippen molar-refractivity contribution >= 4 is 17.3 Å². The van der Waals surface area contributed by atoms with Crippen LogP contribution in [0.3, 0.4) is 0 Å². The van der Waals surface area contributed by atoms with Crippen LogP contribution in [0.15, 0.2) is 0 Å². The van der Waals surface area contributed by atoms with Crippen molar-refractivity contribution in [3.8, 4) is 0 Å². The van der Waals surface area contributed by atoms with E-state index in [9.17, 15) is 4.79 Å². The molecule has 13 heavy (non-hydrogen) atoms. The molecule has 0 saturated carbocycles. The van der Waals surface area contributed by atoms with E-state index in [0.717, 1.165) is 23.4 Å². The highest BCUT2D eigenvalue weighted by Gasteiger charge is 2.19. The van der Waals surface area contributed by atoms with Crippen LogP contribution in [0, 0.1) is 5.92 Å². The molecule has 0 aromatic carbocycles. The highest BCUT2D eigenvalue weighted by atomic mass is 32.1. The van der Waals surface area contributed by atoms with Crippen LogP contribution in [0.5, 0.6) is 0 Å². The summed E-state index contributed by atoms with van der Waals surface area (Å²) in [6, 6.07) is 0. The summed E-state index contributed by atoms with van der Waals surface area (Å²) in [4.78, 5) is 12.5. The van der Waals surface area contributed by atoms with Crippen LogP contribution in [0.2, 0.25) is 0 Å². The Morgan fingerprint density at radius 1 is 1.54 bits per heavy atom. The SMILES string of the molecule is CCc1nnsc1C(=O)C(C)CC. The third-order valence-corrected chi connectivity index (χ3v) is 2.96. The molecule has 0 aliphatic carbocycles. The van der Waals surface area contributed by atoms with Gasteiger partial charge in [-0.1, -0.05) is 25.3 Å². The smallest absolute Gasteiger partial charge is 0.179 e. The van der Waals surface area contributed by atoms with Crippen molar-refractivity contribution in [2.75, 3.05) is 0 Å². The number of aromatic nitrogens is 2. The number of carbonyl (C=O) groups is 1. The van der Waals surface area contributed by atoms with Gasteiger partial charge >= 0.3 is 0 Å². The minimum Gasteiger partial charge on any atom is -0.293 e. The summed E-state index contributed by atoms with van der Waals surface area (Å²) in [5, 5.41) is 3.92. The standard InChI is InChI=1S/C9H14N2OS/c1-4-6(3)8(12)9-7(5-2)10-11-13-9/h6H,4-5H2,1-3H3. The highest BCUT2D eigenvalue weighted by Crippen LogP contribution is 2.18. The van der Waals surface area contributed by atoms with E-state index in [2.05, 4.69) is 9.59 Å². The largest absolute Gasteiger partial charge is 0.293 e. The van der Waals surface area contributed by atoms with E-state index >= 15 is 0 Å². The topological polar surface area (TPSA) is 42.9 Å². The first-order chi connectivity index (χ1) is 6.20. The van der Waals surface area contributed by atoms with Crippen LogP contribution >= 0.6 is 11.5 Å². The quantitative estimate of drug-likeness (QED) is 0.697. The predicted molar refractivity (Wildman–Crippen MR) is 53.1 cm³/mol. The number of hydrogen-bond donors (Lipinski definition) is 0. The Hall–Kier alpha value is -0.770. The van der Waals surface area contributed by atoms with Gasteiger partial charge in [0.2, 0.25) is 0 Å². The van der Waals surface area contributed by atoms with E-state index in [1.165, 1.54) is 11.5 Å². The van der Waals surface area contributed by atoms with Crippen molar-refractivity contribution in [2.24, 2.45) is 5.92 Å². The molecule has 1 aromatic rings. The second-order valence-electron chi connectivity index (χ2n) is 3.08. The van der Waals surface area contributed by atoms with Gasteiger partial charge in [-0.2, -0.15) is 0 Å². The van der Waals surface area contributed by atoms with Gasteiger partial charge in [-0.3, -0.25) is 4.79 Å². The molecular weight excluding hydrogens is 184 g/mol. The summed E-state index contributed by atoms with van der Waals surface area (Å²) in [6.45, 7) is 5.95. The Balaban J connectivity index is 2.88. The molecule has 1 heterocycles. The fourth-order valence-electron chi connectivity index (χ4n) is 1.04. The Morgan fingerprint density at radius 2 is 2.23 bits per heavy atom. The summed E-state index contributed by atoms with van der Waals surface area (Å²) >= 11 is 1.22. The van der Waals surface area contributed by atoms with Crippen LogP contribution < -0.4 is 0 Å². The number of hydrogen-bond acceptors (Lipinski definition) is 4. The third kappa shape index (κ3) is 2.12. The van der Waals surface area contributed by atoms with Gasteiger partial charge in [0, 0.05) is 5.92 Å². The maximum atomic E-state index is 11.7. The zero-order chi connectivity index (χ0) is 9.84. The van der Waals surface area contributed by atoms with Crippen molar-refractivity contribution in [3.63, 3.8) is 0 Å². The number of Topliss-reactive ketones (excluding diaryl/α,β-unsaturated/α-hetero) is 1. The van der Waals surface area contributed by atoms with Crippen molar-refractivity contribution < 1.29 is 4.79 Å². The summed E-state index contributed by atoms with van der Waals surface area (Å²) in [5.41, 5.74) is 0.843. The first-order valence-electron chi connectivity index (χ1n) is 4.56. The van der Waals surface area contributed by atoms with Crippen LogP contribution in [0.1, 0.15) is 42.6 Å². The summed E-state index contributed by atoms with van der Waals surface area (Å²) in [6.07, 6.45) is 1.66. The number of aryl methyl sites for hydroxylation is 1. The molecule has 0 aliphatic rings. The fourth-order valence-corrected chi connectivity index (χ4v) is 1.84. The average molecular weight is 198 g/mol. The van der Waals surface area contributed by atoms with Gasteiger partial charge < -0.3 is 0 Å². The molecule has 0 N–H and O–H groups in total. The Morgan fingerprint density at radius 3 is 2.77 bits per heavy atom. The first-order valence-corrected chi connectivity index (χ1v) is 5.33. The summed E-state index contributed by atoms with van der Waals surface area (Å²) in [5.74, 6) is 0.280. The lowest BCUT2D eigenvalue weighted by molar-refractivity contribution is 0.0930. The van der Waals surface area contributed by atoms with Gasteiger partial charge in [-0.25, -0.2) is 0 Å². The normalized spacial score (nSPS) is 12.8. The van der Waals surface area contributed by atoms with Gasteiger partial charge in [-0.15, -0.1) is 5.10 Å². The lowest BCUT2D eigenvalue weighted by Gasteiger charge is -2.04. The Labute approximate surface area is 82.3 Å². The van der Waals surface area contributed by atoms with Crippen molar-refractivity contribution in [1.29, 1.82) is 0 Å². The van der Waals surface area contributed by atoms with Crippen molar-refractivity contribution in [3.05, 3.63) is 10.6 Å². The van der Waals surface area contributed by atoms with E-state index < -0.39 is 0 Å². The van der Waals surface area contributed by atoms with Gasteiger partial charge in [0.15, 0.2) is 5.78 Å². The molecule has 0 saturated heterocycles. The Bertz CT molecular complexity index is 296. The molecule has 0 aliphatic heterocycles. The number of ketones is 1. The zero-order valence-corrected chi connectivity index (χ0v) is 9.02. The zero-order valence-electron chi connectivity index (χ0n) is 8.20. The van der Waals surface area contributed by atoms with E-state index in [-0.39, 0.29) is 11.7 Å². The minimum atomic E-state index is 0.0903.